The molecule has 47 heavy (non-hydrogen) atoms. The van der Waals surface area contributed by atoms with E-state index < -0.39 is 53.7 Å². The summed E-state index contributed by atoms with van der Waals surface area (Å²) >= 11 is 0. The average Bonchev–Trinajstić information content (AvgIpc) is 2.95. The summed E-state index contributed by atoms with van der Waals surface area (Å²) in [5, 5.41) is 10.3. The van der Waals surface area contributed by atoms with Crippen molar-refractivity contribution in [2.24, 2.45) is 5.92 Å². The second-order valence-corrected chi connectivity index (χ2v) is 12.4. The minimum atomic E-state index is -1.34. The quantitative estimate of drug-likeness (QED) is 0.110. The molecule has 5 atom stereocenters. The molecule has 0 saturated carbocycles. The topological polar surface area (TPSA) is 219 Å². The van der Waals surface area contributed by atoms with Gasteiger partial charge < -0.3 is 45.2 Å². The number of hydrogen-bond acceptors (Lipinski definition) is 10. The van der Waals surface area contributed by atoms with Gasteiger partial charge in [0.25, 0.3) is 0 Å². The summed E-state index contributed by atoms with van der Waals surface area (Å²) in [5.41, 5.74) is 0. The number of carbonyl (C=O) groups is 10. The Labute approximate surface area is 276 Å². The zero-order chi connectivity index (χ0) is 36.3. The summed E-state index contributed by atoms with van der Waals surface area (Å²) in [5.74, 6) is -4.70. The van der Waals surface area contributed by atoms with Gasteiger partial charge in [-0.25, -0.2) is 0 Å². The van der Waals surface area contributed by atoms with Crippen LogP contribution in [0.15, 0.2) is 0 Å². The number of carbonyl (C=O) groups excluding carboxylic acids is 10. The molecule has 0 saturated heterocycles. The van der Waals surface area contributed by atoms with Gasteiger partial charge in [-0.3, -0.25) is 24.0 Å². The molecule has 0 aliphatic carbocycles. The van der Waals surface area contributed by atoms with Crippen molar-refractivity contribution in [2.45, 2.75) is 143 Å². The van der Waals surface area contributed by atoms with E-state index in [1.54, 1.807) is 6.92 Å². The standard InChI is InChI=1S/C33H52N4O10/c1-19(8-9-20(2)38)30(44)35-28(16-12-23(5)41)32(46)37-29(17-13-24(6)42)33(47)36-27(15-11-22(4)40)31(45)34-26(18-25(7)43)14-10-21(3)39/h19,26-29H,8-18H2,1-7H3,(H,34,45)(H,35,44)(H,36,47)(H,37,46). The Morgan fingerprint density at radius 2 is 0.681 bits per heavy atom. The summed E-state index contributed by atoms with van der Waals surface area (Å²) in [6.45, 7) is 9.64. The molecular formula is C33H52N4O10. The number of hydrogen-bond donors (Lipinski definition) is 4. The number of rotatable bonds is 25. The largest absolute Gasteiger partial charge is 0.351 e. The lowest BCUT2D eigenvalue weighted by Gasteiger charge is -2.27. The second-order valence-electron chi connectivity index (χ2n) is 12.4. The third-order valence-electron chi connectivity index (χ3n) is 7.36. The smallest absolute Gasteiger partial charge is 0.243 e. The number of Topliss-reactive ketones (excluding diaryl/α,β-unsaturated/α-hetero) is 6. The van der Waals surface area contributed by atoms with Crippen molar-refractivity contribution >= 4 is 58.3 Å². The maximum atomic E-state index is 13.5. The molecule has 0 aliphatic rings. The molecular weight excluding hydrogens is 612 g/mol. The maximum absolute atomic E-state index is 13.5. The Bertz CT molecular complexity index is 1180. The molecule has 0 heterocycles. The van der Waals surface area contributed by atoms with Crippen molar-refractivity contribution in [2.75, 3.05) is 0 Å². The van der Waals surface area contributed by atoms with Crippen LogP contribution in [0.2, 0.25) is 0 Å². The summed E-state index contributed by atoms with van der Waals surface area (Å²) < 4.78 is 0. The third-order valence-corrected chi connectivity index (χ3v) is 7.36. The molecule has 0 rings (SSSR count). The van der Waals surface area contributed by atoms with Gasteiger partial charge in [-0.05, 0) is 73.6 Å². The Morgan fingerprint density at radius 1 is 0.383 bits per heavy atom. The highest BCUT2D eigenvalue weighted by atomic mass is 16.2. The summed E-state index contributed by atoms with van der Waals surface area (Å²) in [6, 6.07) is -4.51. The van der Waals surface area contributed by atoms with Gasteiger partial charge in [0.15, 0.2) is 0 Å². The third kappa shape index (κ3) is 20.6. The monoisotopic (exact) mass is 664 g/mol. The van der Waals surface area contributed by atoms with E-state index in [2.05, 4.69) is 21.3 Å². The molecule has 0 aromatic rings. The molecule has 4 N–H and O–H groups in total. The minimum Gasteiger partial charge on any atom is -0.351 e. The Balaban J connectivity index is 6.10. The predicted molar refractivity (Wildman–Crippen MR) is 172 cm³/mol. The van der Waals surface area contributed by atoms with Crippen LogP contribution in [0, 0.1) is 5.92 Å². The van der Waals surface area contributed by atoms with Crippen LogP contribution in [0.4, 0.5) is 0 Å². The lowest BCUT2D eigenvalue weighted by atomic mass is 10.0. The average molecular weight is 665 g/mol. The molecule has 4 amide bonds. The lowest BCUT2D eigenvalue weighted by Crippen LogP contribution is -2.57. The molecule has 0 aromatic heterocycles. The SMILES string of the molecule is CC(=O)CCC(CC(C)=O)NC(=O)C(CCC(C)=O)NC(=O)C(CCC(C)=O)NC(=O)C(CCC(C)=O)NC(=O)C(C)CCC(C)=O. The van der Waals surface area contributed by atoms with Gasteiger partial charge in [-0.2, -0.15) is 0 Å². The van der Waals surface area contributed by atoms with Gasteiger partial charge in [-0.1, -0.05) is 6.92 Å². The van der Waals surface area contributed by atoms with Gasteiger partial charge in [-0.15, -0.1) is 0 Å². The highest BCUT2D eigenvalue weighted by molar-refractivity contribution is 5.95. The zero-order valence-corrected chi connectivity index (χ0v) is 28.7. The maximum Gasteiger partial charge on any atom is 0.243 e. The Morgan fingerprint density at radius 3 is 1.02 bits per heavy atom. The van der Waals surface area contributed by atoms with Crippen LogP contribution in [0.25, 0.3) is 0 Å². The van der Waals surface area contributed by atoms with Crippen molar-refractivity contribution in [3.8, 4) is 0 Å². The van der Waals surface area contributed by atoms with Gasteiger partial charge in [0.2, 0.25) is 23.6 Å². The van der Waals surface area contributed by atoms with E-state index in [-0.39, 0.29) is 105 Å². The van der Waals surface area contributed by atoms with Crippen LogP contribution in [-0.2, 0) is 47.9 Å². The van der Waals surface area contributed by atoms with E-state index in [1.807, 2.05) is 0 Å². The molecule has 0 fully saturated rings. The summed E-state index contributed by atoms with van der Waals surface area (Å²) in [6.07, 6.45) is 0.0912. The highest BCUT2D eigenvalue weighted by Gasteiger charge is 2.31. The zero-order valence-electron chi connectivity index (χ0n) is 28.7. The van der Waals surface area contributed by atoms with E-state index in [4.69, 9.17) is 0 Å². The first-order valence-corrected chi connectivity index (χ1v) is 16.0. The summed E-state index contributed by atoms with van der Waals surface area (Å²) in [7, 11) is 0. The fraction of sp³-hybridized carbons (Fsp3) is 0.697. The second kappa shape index (κ2) is 22.4. The number of ketones is 6. The van der Waals surface area contributed by atoms with Crippen LogP contribution in [0.5, 0.6) is 0 Å². The number of nitrogens with one attached hydrogen (secondary N) is 4. The molecule has 14 nitrogen and oxygen atoms in total. The van der Waals surface area contributed by atoms with E-state index in [0.717, 1.165) is 0 Å². The van der Waals surface area contributed by atoms with E-state index >= 15 is 0 Å². The Hall–Kier alpha value is -4.10. The van der Waals surface area contributed by atoms with Crippen molar-refractivity contribution in [3.63, 3.8) is 0 Å². The fourth-order valence-corrected chi connectivity index (χ4v) is 4.51. The number of amides is 4. The van der Waals surface area contributed by atoms with Crippen LogP contribution in [0.1, 0.15) is 119 Å². The predicted octanol–water partition coefficient (Wildman–Crippen LogP) is 1.39. The van der Waals surface area contributed by atoms with Gasteiger partial charge in [0.05, 0.1) is 0 Å². The first-order chi connectivity index (χ1) is 21.8. The van der Waals surface area contributed by atoms with Crippen LogP contribution < -0.4 is 21.3 Å². The van der Waals surface area contributed by atoms with Crippen LogP contribution in [-0.4, -0.2) is 82.5 Å². The van der Waals surface area contributed by atoms with Crippen molar-refractivity contribution in [1.29, 1.82) is 0 Å². The first kappa shape index (κ1) is 42.9. The van der Waals surface area contributed by atoms with Gasteiger partial charge in [0.1, 0.15) is 52.8 Å². The normalized spacial score (nSPS) is 13.9. The van der Waals surface area contributed by atoms with Crippen molar-refractivity contribution in [1.82, 2.24) is 21.3 Å². The highest BCUT2D eigenvalue weighted by Crippen LogP contribution is 2.11. The van der Waals surface area contributed by atoms with E-state index in [0.29, 0.717) is 0 Å². The molecule has 14 heteroatoms. The molecule has 0 bridgehead atoms. The molecule has 5 unspecified atom stereocenters. The molecule has 0 aromatic carbocycles. The summed E-state index contributed by atoms with van der Waals surface area (Å²) in [4.78, 5) is 123. The van der Waals surface area contributed by atoms with E-state index in [1.165, 1.54) is 41.5 Å². The minimum absolute atomic E-state index is 0.0512. The van der Waals surface area contributed by atoms with E-state index in [9.17, 15) is 47.9 Å². The first-order valence-electron chi connectivity index (χ1n) is 16.0. The molecule has 0 spiro atoms. The fourth-order valence-electron chi connectivity index (χ4n) is 4.51. The Kier molecular flexibility index (Phi) is 20.5. The van der Waals surface area contributed by atoms with Gasteiger partial charge >= 0.3 is 0 Å². The molecule has 0 aliphatic heterocycles. The van der Waals surface area contributed by atoms with Crippen LogP contribution in [0.3, 0.4) is 0 Å². The van der Waals surface area contributed by atoms with Crippen LogP contribution >= 0.6 is 0 Å². The lowest BCUT2D eigenvalue weighted by molar-refractivity contribution is -0.135. The molecule has 264 valence electrons. The van der Waals surface area contributed by atoms with Crippen molar-refractivity contribution < 1.29 is 47.9 Å². The molecule has 0 radical (unpaired) electrons. The van der Waals surface area contributed by atoms with Crippen molar-refractivity contribution in [3.05, 3.63) is 0 Å². The van der Waals surface area contributed by atoms with Gasteiger partial charge in [0, 0.05) is 50.5 Å².